The minimum Gasteiger partial charge on any atom is -0.461 e. The molecule has 0 bridgehead atoms. The molecule has 0 saturated heterocycles. The number of aromatic nitrogens is 5. The van der Waals surface area contributed by atoms with Gasteiger partial charge in [0.25, 0.3) is 16.7 Å². The molecule has 0 aliphatic carbocycles. The van der Waals surface area contributed by atoms with Crippen molar-refractivity contribution in [1.29, 1.82) is 0 Å². The predicted molar refractivity (Wildman–Crippen MR) is 129 cm³/mol. The van der Waals surface area contributed by atoms with Gasteiger partial charge in [0, 0.05) is 17.2 Å². The minimum absolute atomic E-state index is 0.180. The third kappa shape index (κ3) is 4.26. The van der Waals surface area contributed by atoms with Crippen LogP contribution in [0.3, 0.4) is 0 Å². The van der Waals surface area contributed by atoms with E-state index < -0.39 is 0 Å². The maximum absolute atomic E-state index is 13.1. The van der Waals surface area contributed by atoms with E-state index in [1.165, 1.54) is 16.4 Å². The van der Waals surface area contributed by atoms with E-state index in [9.17, 15) is 4.79 Å². The second-order valence-electron chi connectivity index (χ2n) is 7.66. The van der Waals surface area contributed by atoms with E-state index in [1.54, 1.807) is 30.5 Å². The molecule has 0 N–H and O–H groups in total. The molecule has 172 valence electrons. The van der Waals surface area contributed by atoms with Gasteiger partial charge in [-0.2, -0.15) is 5.10 Å². The Labute approximate surface area is 202 Å². The molecule has 6 rings (SSSR count). The standard InChI is InChI=1S/C25H17N5O4S/c31-24-19-10-5-4-9-18(19)22(28-30(24)14-16-7-2-1-3-8-16)23-26-27-25(33-23)35-15-17-13-21(34-29-17)20-11-6-12-32-20/h1-13H,14-15H2. The number of thioether (sulfide) groups is 1. The molecular formula is C25H17N5O4S. The molecule has 35 heavy (non-hydrogen) atoms. The number of benzene rings is 2. The van der Waals surface area contributed by atoms with Crippen LogP contribution in [0.2, 0.25) is 0 Å². The summed E-state index contributed by atoms with van der Waals surface area (Å²) in [5, 5.41) is 18.5. The molecule has 0 spiro atoms. The van der Waals surface area contributed by atoms with E-state index in [2.05, 4.69) is 20.5 Å². The summed E-state index contributed by atoms with van der Waals surface area (Å²) >= 11 is 1.33. The Morgan fingerprint density at radius 1 is 0.886 bits per heavy atom. The average molecular weight is 484 g/mol. The Hall–Kier alpha value is -4.44. The third-order valence-electron chi connectivity index (χ3n) is 5.32. The largest absolute Gasteiger partial charge is 0.461 e. The first-order valence-corrected chi connectivity index (χ1v) is 11.7. The van der Waals surface area contributed by atoms with Crippen LogP contribution in [0.15, 0.2) is 102 Å². The normalized spacial score (nSPS) is 11.3. The van der Waals surface area contributed by atoms with Gasteiger partial charge < -0.3 is 13.4 Å². The Morgan fingerprint density at radius 3 is 2.54 bits per heavy atom. The smallest absolute Gasteiger partial charge is 0.277 e. The number of rotatable bonds is 7. The highest BCUT2D eigenvalue weighted by Crippen LogP contribution is 2.29. The Kier molecular flexibility index (Phi) is 5.47. The minimum atomic E-state index is -0.180. The number of fused-ring (bicyclic) bond motifs is 1. The molecule has 0 radical (unpaired) electrons. The van der Waals surface area contributed by atoms with Gasteiger partial charge in [0.15, 0.2) is 11.5 Å². The van der Waals surface area contributed by atoms with Crippen LogP contribution in [0.1, 0.15) is 11.3 Å². The fraction of sp³-hybridized carbons (Fsp3) is 0.0800. The lowest BCUT2D eigenvalue weighted by Crippen LogP contribution is -2.24. The molecule has 0 saturated carbocycles. The summed E-state index contributed by atoms with van der Waals surface area (Å²) in [5.74, 6) is 1.86. The number of furan rings is 1. The zero-order chi connectivity index (χ0) is 23.6. The molecule has 0 unspecified atom stereocenters. The highest BCUT2D eigenvalue weighted by molar-refractivity contribution is 7.98. The molecule has 9 nitrogen and oxygen atoms in total. The fourth-order valence-electron chi connectivity index (χ4n) is 3.67. The van der Waals surface area contributed by atoms with E-state index in [-0.39, 0.29) is 11.4 Å². The molecule has 2 aromatic carbocycles. The van der Waals surface area contributed by atoms with Gasteiger partial charge in [-0.3, -0.25) is 4.79 Å². The molecule has 10 heteroatoms. The Balaban J connectivity index is 1.28. The van der Waals surface area contributed by atoms with Crippen molar-refractivity contribution >= 4 is 22.5 Å². The highest BCUT2D eigenvalue weighted by atomic mass is 32.2. The van der Waals surface area contributed by atoms with Crippen molar-refractivity contribution in [3.63, 3.8) is 0 Å². The van der Waals surface area contributed by atoms with Crippen molar-refractivity contribution in [2.24, 2.45) is 0 Å². The number of nitrogens with zero attached hydrogens (tertiary/aromatic N) is 5. The van der Waals surface area contributed by atoms with Crippen molar-refractivity contribution in [3.8, 4) is 23.1 Å². The van der Waals surface area contributed by atoms with Crippen molar-refractivity contribution in [1.82, 2.24) is 25.1 Å². The summed E-state index contributed by atoms with van der Waals surface area (Å²) < 4.78 is 18.0. The maximum atomic E-state index is 13.1. The second-order valence-corrected chi connectivity index (χ2v) is 8.59. The van der Waals surface area contributed by atoms with E-state index in [1.807, 2.05) is 48.5 Å². The zero-order valence-corrected chi connectivity index (χ0v) is 19.0. The lowest BCUT2D eigenvalue weighted by molar-refractivity contribution is 0.413. The van der Waals surface area contributed by atoms with Gasteiger partial charge in [0.1, 0.15) is 0 Å². The van der Waals surface area contributed by atoms with Gasteiger partial charge in [-0.15, -0.1) is 10.2 Å². The first-order chi connectivity index (χ1) is 17.2. The van der Waals surface area contributed by atoms with Crippen molar-refractivity contribution in [2.45, 2.75) is 17.5 Å². The molecule has 0 atom stereocenters. The Bertz CT molecular complexity index is 1650. The summed E-state index contributed by atoms with van der Waals surface area (Å²) in [7, 11) is 0. The van der Waals surface area contributed by atoms with Gasteiger partial charge in [-0.25, -0.2) is 4.68 Å². The number of hydrogen-bond acceptors (Lipinski definition) is 9. The van der Waals surface area contributed by atoms with E-state index >= 15 is 0 Å². The van der Waals surface area contributed by atoms with E-state index in [4.69, 9.17) is 13.4 Å². The second kappa shape index (κ2) is 9.07. The summed E-state index contributed by atoms with van der Waals surface area (Å²) in [6, 6.07) is 22.4. The van der Waals surface area contributed by atoms with Crippen LogP contribution < -0.4 is 5.56 Å². The van der Waals surface area contributed by atoms with Crippen LogP contribution in [0.5, 0.6) is 0 Å². The van der Waals surface area contributed by atoms with Gasteiger partial charge in [-0.1, -0.05) is 65.4 Å². The third-order valence-corrected chi connectivity index (χ3v) is 6.17. The van der Waals surface area contributed by atoms with Crippen molar-refractivity contribution < 1.29 is 13.4 Å². The molecule has 0 fully saturated rings. The molecule has 0 amide bonds. The molecule has 0 aliphatic heterocycles. The average Bonchev–Trinajstić information content (AvgIpc) is 3.67. The quantitative estimate of drug-likeness (QED) is 0.288. The van der Waals surface area contributed by atoms with Crippen molar-refractivity contribution in [2.75, 3.05) is 0 Å². The monoisotopic (exact) mass is 483 g/mol. The van der Waals surface area contributed by atoms with Gasteiger partial charge >= 0.3 is 0 Å². The summed E-state index contributed by atoms with van der Waals surface area (Å²) in [6.07, 6.45) is 1.58. The predicted octanol–water partition coefficient (Wildman–Crippen LogP) is 5.04. The molecule has 6 aromatic rings. The van der Waals surface area contributed by atoms with E-state index in [0.717, 1.165) is 5.56 Å². The summed E-state index contributed by atoms with van der Waals surface area (Å²) in [5.41, 5.74) is 1.95. The molecule has 4 heterocycles. The van der Waals surface area contributed by atoms with Crippen LogP contribution in [0, 0.1) is 0 Å². The molecule has 0 aliphatic rings. The summed E-state index contributed by atoms with van der Waals surface area (Å²) in [6.45, 7) is 0.331. The van der Waals surface area contributed by atoms with Crippen LogP contribution in [-0.2, 0) is 12.3 Å². The molecular weight excluding hydrogens is 466 g/mol. The zero-order valence-electron chi connectivity index (χ0n) is 18.2. The number of hydrogen-bond donors (Lipinski definition) is 0. The highest BCUT2D eigenvalue weighted by Gasteiger charge is 2.18. The topological polar surface area (TPSA) is 113 Å². The first kappa shape index (κ1) is 21.1. The Morgan fingerprint density at radius 2 is 1.71 bits per heavy atom. The molecule has 4 aromatic heterocycles. The van der Waals surface area contributed by atoms with Crippen LogP contribution in [-0.4, -0.2) is 25.1 Å². The van der Waals surface area contributed by atoms with Crippen LogP contribution in [0.4, 0.5) is 0 Å². The summed E-state index contributed by atoms with van der Waals surface area (Å²) in [4.78, 5) is 13.1. The fourth-order valence-corrected chi connectivity index (χ4v) is 4.31. The van der Waals surface area contributed by atoms with Gasteiger partial charge in [-0.05, 0) is 23.8 Å². The van der Waals surface area contributed by atoms with Gasteiger partial charge in [0.2, 0.25) is 5.76 Å². The van der Waals surface area contributed by atoms with Crippen LogP contribution in [0.25, 0.3) is 33.9 Å². The maximum Gasteiger partial charge on any atom is 0.277 e. The lowest BCUT2D eigenvalue weighted by atomic mass is 10.1. The van der Waals surface area contributed by atoms with Crippen molar-refractivity contribution in [3.05, 3.63) is 101 Å². The van der Waals surface area contributed by atoms with E-state index in [0.29, 0.717) is 51.2 Å². The lowest BCUT2D eigenvalue weighted by Gasteiger charge is -2.09. The van der Waals surface area contributed by atoms with Gasteiger partial charge in [0.05, 0.1) is 23.9 Å². The van der Waals surface area contributed by atoms with Crippen LogP contribution >= 0.6 is 11.8 Å². The SMILES string of the molecule is O=c1c2ccccc2c(-c2nnc(SCc3cc(-c4ccco4)on3)o2)nn1Cc1ccccc1. The first-order valence-electron chi connectivity index (χ1n) is 10.7.